The van der Waals surface area contributed by atoms with Crippen LogP contribution in [0.3, 0.4) is 0 Å². The third kappa shape index (κ3) is 6.59. The van der Waals surface area contributed by atoms with Crippen molar-refractivity contribution in [1.29, 1.82) is 0 Å². The number of imidazole rings is 1. The second-order valence-electron chi connectivity index (χ2n) is 19.5. The summed E-state index contributed by atoms with van der Waals surface area (Å²) in [7, 11) is -6.45. The number of benzene rings is 10. The second kappa shape index (κ2) is 18.3. The molecule has 8 heteroatoms. The standard InChI is InChI=1S/C68H45N5Si2.Pt/c1-6-22-48(23-7-1)72-62-37-19-17-35-58(62)59-41-42-63-66(65(59)72)73(68-64(38-21-43-69-68)75(63,52-29-12-4-13-30-52)53-31-14-5-15-32-53)49-24-20-33-54(46-49)74(50-25-8-2-9-26-50,51-27-10-3-11-28-51)55-39-40-56-57-34-16-18-36-61(57)71-45-44-70-67(71)60(56)47-55;/h1-45H;/q-2;+2. The van der Waals surface area contributed by atoms with Crippen molar-refractivity contribution in [3.8, 4) is 5.69 Å². The van der Waals surface area contributed by atoms with Crippen molar-refractivity contribution in [2.24, 2.45) is 0 Å². The number of nitrogens with zero attached hydrogens (tertiary/aromatic N) is 5. The Morgan fingerprint density at radius 2 is 1.00 bits per heavy atom. The van der Waals surface area contributed by atoms with E-state index in [1.54, 1.807) is 0 Å². The smallest absolute Gasteiger partial charge is 0.340 e. The molecule has 15 rings (SSSR count). The Hall–Kier alpha value is -8.72. The minimum absolute atomic E-state index is 0. The topological polar surface area (TPSA) is 38.4 Å². The van der Waals surface area contributed by atoms with E-state index in [0.717, 1.165) is 66.2 Å². The van der Waals surface area contributed by atoms with Crippen LogP contribution in [0.4, 0.5) is 17.2 Å². The van der Waals surface area contributed by atoms with Crippen molar-refractivity contribution in [3.63, 3.8) is 0 Å². The first kappa shape index (κ1) is 45.9. The van der Waals surface area contributed by atoms with Crippen LogP contribution < -0.4 is 46.4 Å². The summed E-state index contributed by atoms with van der Waals surface area (Å²) in [6.07, 6.45) is 5.94. The van der Waals surface area contributed by atoms with E-state index in [1.807, 2.05) is 12.4 Å². The first-order chi connectivity index (χ1) is 37.2. The van der Waals surface area contributed by atoms with Crippen molar-refractivity contribution in [3.05, 3.63) is 286 Å². The molecular formula is C68H45N5PtSi2. The number of hydrogen-bond donors (Lipinski definition) is 0. The number of pyridine rings is 2. The molecule has 76 heavy (non-hydrogen) atoms. The largest absolute Gasteiger partial charge is 2.00 e. The zero-order chi connectivity index (χ0) is 49.5. The van der Waals surface area contributed by atoms with Gasteiger partial charge in [-0.1, -0.05) is 205 Å². The van der Waals surface area contributed by atoms with Gasteiger partial charge in [0.2, 0.25) is 0 Å². The maximum Gasteiger partial charge on any atom is 2.00 e. The number of rotatable bonds is 8. The van der Waals surface area contributed by atoms with Gasteiger partial charge >= 0.3 is 21.1 Å². The van der Waals surface area contributed by atoms with Gasteiger partial charge in [-0.2, -0.15) is 23.4 Å². The van der Waals surface area contributed by atoms with Gasteiger partial charge in [0.1, 0.15) is 13.9 Å². The number of anilines is 3. The molecule has 0 unspecified atom stereocenters. The van der Waals surface area contributed by atoms with Gasteiger partial charge in [-0.3, -0.25) is 4.98 Å². The van der Waals surface area contributed by atoms with Gasteiger partial charge < -0.3 is 13.9 Å². The number of fused-ring (bicyclic) bond motifs is 12. The van der Waals surface area contributed by atoms with E-state index in [-0.39, 0.29) is 21.1 Å². The van der Waals surface area contributed by atoms with E-state index in [4.69, 9.17) is 9.97 Å². The van der Waals surface area contributed by atoms with Gasteiger partial charge in [-0.15, -0.1) is 34.8 Å². The van der Waals surface area contributed by atoms with E-state index >= 15 is 0 Å². The molecule has 0 bridgehead atoms. The monoisotopic (exact) mass is 1180 g/mol. The predicted molar refractivity (Wildman–Crippen MR) is 315 cm³/mol. The van der Waals surface area contributed by atoms with E-state index < -0.39 is 16.1 Å². The molecule has 0 amide bonds. The number of hydrogen-bond acceptors (Lipinski definition) is 3. The van der Waals surface area contributed by atoms with Crippen LogP contribution in [-0.4, -0.2) is 35.1 Å². The quantitative estimate of drug-likeness (QED) is 0.0659. The Labute approximate surface area is 456 Å². The summed E-state index contributed by atoms with van der Waals surface area (Å²) in [6.45, 7) is 0. The molecule has 0 aliphatic carbocycles. The molecule has 10 aromatic carbocycles. The van der Waals surface area contributed by atoms with Gasteiger partial charge in [0.05, 0.1) is 22.4 Å². The first-order valence-corrected chi connectivity index (χ1v) is 29.6. The molecular weight excluding hydrogens is 1140 g/mol. The van der Waals surface area contributed by atoms with E-state index in [9.17, 15) is 0 Å². The Morgan fingerprint density at radius 3 is 1.68 bits per heavy atom. The Bertz CT molecular complexity index is 4410. The van der Waals surface area contributed by atoms with Crippen LogP contribution in [0.15, 0.2) is 273 Å². The third-order valence-corrected chi connectivity index (χ3v) is 25.2. The van der Waals surface area contributed by atoms with E-state index in [0.29, 0.717) is 0 Å². The average Bonchev–Trinajstić information content (AvgIpc) is 4.27. The molecule has 0 saturated carbocycles. The molecule has 0 fully saturated rings. The van der Waals surface area contributed by atoms with Gasteiger partial charge in [0, 0.05) is 40.6 Å². The van der Waals surface area contributed by atoms with Crippen LogP contribution in [-0.2, 0) is 21.1 Å². The van der Waals surface area contributed by atoms with Crippen molar-refractivity contribution < 1.29 is 21.1 Å². The van der Waals surface area contributed by atoms with Gasteiger partial charge in [0.15, 0.2) is 8.07 Å². The maximum absolute atomic E-state index is 5.56. The molecule has 0 N–H and O–H groups in total. The number of aromatic nitrogens is 4. The zero-order valence-corrected chi connectivity index (χ0v) is 45.3. The second-order valence-corrected chi connectivity index (χ2v) is 26.9. The molecule has 14 aromatic rings. The maximum atomic E-state index is 5.56. The Kier molecular flexibility index (Phi) is 11.0. The molecule has 5 heterocycles. The van der Waals surface area contributed by atoms with Crippen molar-refractivity contribution in [2.45, 2.75) is 0 Å². The Morgan fingerprint density at radius 1 is 0.421 bits per heavy atom. The normalized spacial score (nSPS) is 13.0. The van der Waals surface area contributed by atoms with Crippen LogP contribution in [0.25, 0.3) is 54.8 Å². The molecule has 0 saturated heterocycles. The minimum atomic E-state index is -3.30. The Balaban J connectivity index is 0.00000528. The summed E-state index contributed by atoms with van der Waals surface area (Å²) < 4.78 is 4.70. The van der Waals surface area contributed by atoms with Crippen LogP contribution in [0.1, 0.15) is 0 Å². The molecule has 0 atom stereocenters. The van der Waals surface area contributed by atoms with E-state index in [2.05, 4.69) is 287 Å². The van der Waals surface area contributed by atoms with Crippen LogP contribution in [0.5, 0.6) is 0 Å². The molecule has 0 spiro atoms. The van der Waals surface area contributed by atoms with Gasteiger partial charge in [0.25, 0.3) is 0 Å². The predicted octanol–water partition coefficient (Wildman–Crippen LogP) is 10.3. The zero-order valence-electron chi connectivity index (χ0n) is 41.0. The van der Waals surface area contributed by atoms with Crippen molar-refractivity contribution in [1.82, 2.24) is 18.9 Å². The summed E-state index contributed by atoms with van der Waals surface area (Å²) in [5, 5.41) is 15.5. The van der Waals surface area contributed by atoms with Gasteiger partial charge in [-0.05, 0) is 66.8 Å². The summed E-state index contributed by atoms with van der Waals surface area (Å²) >= 11 is 0. The third-order valence-electron chi connectivity index (χ3n) is 15.8. The minimum Gasteiger partial charge on any atom is -0.340 e. The molecule has 1 aliphatic rings. The van der Waals surface area contributed by atoms with E-state index in [1.165, 1.54) is 47.3 Å². The fraction of sp³-hybridized carbons (Fsp3) is 0. The summed E-state index contributed by atoms with van der Waals surface area (Å²) in [6, 6.07) is 102. The summed E-state index contributed by atoms with van der Waals surface area (Å²) in [5.41, 5.74) is 7.42. The first-order valence-electron chi connectivity index (χ1n) is 25.6. The molecule has 4 aromatic heterocycles. The SMILES string of the molecule is [Pt+2].[c-]1c(N2c3ncccc3[Si](c3ccccc3)(c3ccccc3)c3ccc4c5ccccc5n(-c5ccccc5)c4c32)cccc1[Si](c1[c-]c2c(cc1)c1ccccc1n1ccnc21)(c1ccccc1)c1ccccc1. The molecule has 360 valence electrons. The number of para-hydroxylation sites is 3. The summed E-state index contributed by atoms with van der Waals surface area (Å²) in [4.78, 5) is 13.0. The van der Waals surface area contributed by atoms with Crippen LogP contribution in [0, 0.1) is 12.1 Å². The average molecular weight is 1180 g/mol. The molecule has 1 aliphatic heterocycles. The molecule has 5 nitrogen and oxygen atoms in total. The molecule has 0 radical (unpaired) electrons. The fourth-order valence-electron chi connectivity index (χ4n) is 12.8. The van der Waals surface area contributed by atoms with Crippen LogP contribution >= 0.6 is 0 Å². The fourth-order valence-corrected chi connectivity index (χ4v) is 22.3. The van der Waals surface area contributed by atoms with Crippen LogP contribution in [0.2, 0.25) is 0 Å². The summed E-state index contributed by atoms with van der Waals surface area (Å²) in [5.74, 6) is 0.910. The van der Waals surface area contributed by atoms with Crippen molar-refractivity contribution in [2.75, 3.05) is 4.90 Å². The van der Waals surface area contributed by atoms with Gasteiger partial charge in [-0.25, -0.2) is 4.98 Å². The van der Waals surface area contributed by atoms with Crippen molar-refractivity contribution >= 4 is 124 Å².